The Hall–Kier alpha value is -0.0151. The average Bonchev–Trinajstić information content (AvgIpc) is 1.37. The van der Waals surface area contributed by atoms with Gasteiger partial charge in [0, 0.05) is 7.11 Å². The summed E-state index contributed by atoms with van der Waals surface area (Å²) in [6, 6.07) is 0. The Morgan fingerprint density at radius 2 is 2.25 bits per heavy atom. The van der Waals surface area contributed by atoms with Crippen molar-refractivity contribution in [3.63, 3.8) is 0 Å². The van der Waals surface area contributed by atoms with Crippen LogP contribution in [-0.4, -0.2) is 14.8 Å². The van der Waals surface area contributed by atoms with Gasteiger partial charge in [-0.15, -0.1) is 0 Å². The molecule has 0 rings (SSSR count). The standard InChI is InChI=1S/CH3BO2/c1-4-2-3/h1H3/q-1. The molecule has 0 aliphatic rings. The molecule has 0 saturated heterocycles. The average molecular weight is 57.8 g/mol. The molecule has 0 aromatic carbocycles. The van der Waals surface area contributed by atoms with Crippen molar-refractivity contribution in [3.8, 4) is 0 Å². The lowest BCUT2D eigenvalue weighted by molar-refractivity contribution is -0.204. The molecule has 0 fully saturated rings. The van der Waals surface area contributed by atoms with E-state index in [1.165, 1.54) is 7.11 Å². The van der Waals surface area contributed by atoms with Crippen LogP contribution in [0.1, 0.15) is 0 Å². The monoisotopic (exact) mass is 58.0 g/mol. The summed E-state index contributed by atoms with van der Waals surface area (Å²) in [5.41, 5.74) is 0. The Kier molecular flexibility index (Phi) is 2.97. The smallest absolute Gasteiger partial charge is 0.162 e. The van der Waals surface area contributed by atoms with Gasteiger partial charge in [0.15, 0.2) is 7.69 Å². The number of rotatable bonds is 1. The van der Waals surface area contributed by atoms with E-state index in [1.807, 2.05) is 0 Å². The molecule has 0 aliphatic carbocycles. The Balaban J connectivity index is 1.97. The highest BCUT2D eigenvalue weighted by Crippen LogP contribution is 1.34. The summed E-state index contributed by atoms with van der Waals surface area (Å²) >= 11 is 0. The van der Waals surface area contributed by atoms with E-state index in [2.05, 4.69) is 4.65 Å². The summed E-state index contributed by atoms with van der Waals surface area (Å²) in [5.74, 6) is 0. The molecule has 1 radical (unpaired) electrons. The summed E-state index contributed by atoms with van der Waals surface area (Å²) in [4.78, 5) is 0. The van der Waals surface area contributed by atoms with E-state index in [4.69, 9.17) is 5.02 Å². The van der Waals surface area contributed by atoms with Gasteiger partial charge in [0.2, 0.25) is 0 Å². The Labute approximate surface area is 25.7 Å². The van der Waals surface area contributed by atoms with Crippen LogP contribution in [0.3, 0.4) is 0 Å². The molecule has 23 valence electrons. The minimum atomic E-state index is 0.375. The van der Waals surface area contributed by atoms with Crippen molar-refractivity contribution in [2.75, 3.05) is 7.11 Å². The molecule has 0 aliphatic heterocycles. The van der Waals surface area contributed by atoms with Crippen molar-refractivity contribution in [1.82, 2.24) is 0 Å². The summed E-state index contributed by atoms with van der Waals surface area (Å²) < 4.78 is 3.86. The highest BCUT2D eigenvalue weighted by atomic mass is 16.5. The van der Waals surface area contributed by atoms with Gasteiger partial charge in [0.1, 0.15) is 0 Å². The maximum atomic E-state index is 8.95. The van der Waals surface area contributed by atoms with E-state index >= 15 is 0 Å². The summed E-state index contributed by atoms with van der Waals surface area (Å²) in [7, 11) is 1.69. The zero-order valence-corrected chi connectivity index (χ0v) is 2.39. The van der Waals surface area contributed by atoms with Crippen LogP contribution in [0, 0.1) is 0 Å². The van der Waals surface area contributed by atoms with Crippen LogP contribution in [-0.2, 0) is 4.65 Å². The van der Waals surface area contributed by atoms with Crippen LogP contribution < -0.4 is 5.02 Å². The van der Waals surface area contributed by atoms with Crippen molar-refractivity contribution < 1.29 is 9.68 Å². The van der Waals surface area contributed by atoms with Gasteiger partial charge in [0.25, 0.3) is 0 Å². The van der Waals surface area contributed by atoms with Gasteiger partial charge in [-0.05, 0) is 0 Å². The Morgan fingerprint density at radius 1 is 2.00 bits per heavy atom. The third-order valence-corrected chi connectivity index (χ3v) is 0.0962. The molecular weight excluding hydrogens is 54.8 g/mol. The quantitative estimate of drug-likeness (QED) is 0.344. The highest BCUT2D eigenvalue weighted by Gasteiger charge is 1.43. The fraction of sp³-hybridized carbons (Fsp3) is 1.00. The molecule has 0 heterocycles. The van der Waals surface area contributed by atoms with Gasteiger partial charge < -0.3 is 9.68 Å². The molecule has 0 aromatic rings. The predicted molar refractivity (Wildman–Crippen MR) is 12.8 cm³/mol. The van der Waals surface area contributed by atoms with Crippen molar-refractivity contribution in [1.29, 1.82) is 0 Å². The molecule has 4 heavy (non-hydrogen) atoms. The van der Waals surface area contributed by atoms with Crippen LogP contribution >= 0.6 is 0 Å². The van der Waals surface area contributed by atoms with E-state index < -0.39 is 0 Å². The Bertz CT molecular complexity index is 8.00. The first-order chi connectivity index (χ1) is 1.91. The first kappa shape index (κ1) is 3.98. The molecule has 0 amide bonds. The fourth-order valence-corrected chi connectivity index (χ4v) is 0. The van der Waals surface area contributed by atoms with Gasteiger partial charge in [-0.2, -0.15) is 0 Å². The first-order valence-corrected chi connectivity index (χ1v) is 0.880. The van der Waals surface area contributed by atoms with Gasteiger partial charge in [-0.25, -0.2) is 0 Å². The maximum absolute atomic E-state index is 8.95. The molecular formula is CH3BO2-. The van der Waals surface area contributed by atoms with Gasteiger partial charge in [-0.3, -0.25) is 0 Å². The van der Waals surface area contributed by atoms with Crippen molar-refractivity contribution >= 4 is 7.69 Å². The van der Waals surface area contributed by atoms with Crippen LogP contribution in [0.25, 0.3) is 0 Å². The number of hydrogen-bond acceptors (Lipinski definition) is 2. The van der Waals surface area contributed by atoms with E-state index in [9.17, 15) is 0 Å². The number of hydrogen-bond donors (Lipinski definition) is 0. The molecule has 0 bridgehead atoms. The van der Waals surface area contributed by atoms with Crippen LogP contribution in [0.4, 0.5) is 0 Å². The van der Waals surface area contributed by atoms with E-state index in [1.54, 1.807) is 0 Å². The molecule has 0 unspecified atom stereocenters. The summed E-state index contributed by atoms with van der Waals surface area (Å²) in [5, 5.41) is 8.95. The van der Waals surface area contributed by atoms with E-state index in [0.717, 1.165) is 0 Å². The Morgan fingerprint density at radius 3 is 2.25 bits per heavy atom. The third-order valence-electron chi connectivity index (χ3n) is 0.0962. The first-order valence-electron chi connectivity index (χ1n) is 0.880. The lowest BCUT2D eigenvalue weighted by Crippen LogP contribution is -2.12. The SMILES string of the molecule is CO[B][O-]. The van der Waals surface area contributed by atoms with Crippen molar-refractivity contribution in [2.24, 2.45) is 0 Å². The normalized spacial score (nSPS) is 6.50. The highest BCUT2D eigenvalue weighted by molar-refractivity contribution is 6.13. The second-order valence-corrected chi connectivity index (χ2v) is 0.332. The molecule has 0 N–H and O–H groups in total. The predicted octanol–water partition coefficient (Wildman–Crippen LogP) is -1.47. The minimum absolute atomic E-state index is 0.375. The summed E-state index contributed by atoms with van der Waals surface area (Å²) in [6.45, 7) is 0. The molecule has 2 nitrogen and oxygen atoms in total. The van der Waals surface area contributed by atoms with Crippen LogP contribution in [0.2, 0.25) is 0 Å². The molecule has 0 atom stereocenters. The van der Waals surface area contributed by atoms with Crippen molar-refractivity contribution in [3.05, 3.63) is 0 Å². The fourth-order valence-electron chi connectivity index (χ4n) is 0. The van der Waals surface area contributed by atoms with Crippen molar-refractivity contribution in [2.45, 2.75) is 0 Å². The second kappa shape index (κ2) is 2.98. The topological polar surface area (TPSA) is 32.3 Å². The van der Waals surface area contributed by atoms with E-state index in [-0.39, 0.29) is 0 Å². The van der Waals surface area contributed by atoms with Gasteiger partial charge >= 0.3 is 0 Å². The van der Waals surface area contributed by atoms with Crippen LogP contribution in [0.15, 0.2) is 0 Å². The van der Waals surface area contributed by atoms with Gasteiger partial charge in [0.05, 0.1) is 0 Å². The zero-order chi connectivity index (χ0) is 3.41. The molecule has 0 aromatic heterocycles. The third kappa shape index (κ3) is 1.98. The molecule has 0 spiro atoms. The zero-order valence-electron chi connectivity index (χ0n) is 2.39. The summed E-state index contributed by atoms with van der Waals surface area (Å²) in [6.07, 6.45) is 0. The lowest BCUT2D eigenvalue weighted by Gasteiger charge is -1.90. The lowest BCUT2D eigenvalue weighted by atomic mass is 10.4. The van der Waals surface area contributed by atoms with Crippen LogP contribution in [0.5, 0.6) is 0 Å². The second-order valence-electron chi connectivity index (χ2n) is 0.332. The largest absolute Gasteiger partial charge is 0.861 e. The minimum Gasteiger partial charge on any atom is -0.861 e. The molecule has 3 heteroatoms. The van der Waals surface area contributed by atoms with E-state index in [0.29, 0.717) is 7.69 Å². The van der Waals surface area contributed by atoms with Gasteiger partial charge in [-0.1, -0.05) is 0 Å². The maximum Gasteiger partial charge on any atom is 0.162 e. The molecule has 0 saturated carbocycles.